The molecule has 0 atom stereocenters. The van der Waals surface area contributed by atoms with E-state index in [0.717, 1.165) is 0 Å². The van der Waals surface area contributed by atoms with Crippen LogP contribution in [0.25, 0.3) is 0 Å². The summed E-state index contributed by atoms with van der Waals surface area (Å²) in [6, 6.07) is 0.550. The van der Waals surface area contributed by atoms with Gasteiger partial charge in [-0.2, -0.15) is 0 Å². The van der Waals surface area contributed by atoms with Crippen LogP contribution in [0.3, 0.4) is 0 Å². The number of alkyl carbamates (subject to hydrolysis) is 3. The third kappa shape index (κ3) is 17.0. The molecule has 0 unspecified atom stereocenters. The SMILES string of the molecule is CO[Si](CCCOC(=O)NCC(CNC(=O)OCCC[Si](OC)(OC)OC)NC(=O)OCCC[Si](OC)(OC)OC)(OC)OC. The number of carbonyl (C=O) groups is 3. The van der Waals surface area contributed by atoms with Crippen LogP contribution in [-0.4, -0.2) is 148 Å². The fourth-order valence-corrected chi connectivity index (χ4v) is 9.00. The second-order valence-corrected chi connectivity index (χ2v) is 18.5. The molecular formula is C24H53N3O15Si3. The van der Waals surface area contributed by atoms with Crippen molar-refractivity contribution in [1.82, 2.24) is 16.0 Å². The van der Waals surface area contributed by atoms with E-state index >= 15 is 0 Å². The van der Waals surface area contributed by atoms with Crippen LogP contribution in [0.15, 0.2) is 0 Å². The molecule has 0 spiro atoms. The van der Waals surface area contributed by atoms with E-state index in [0.29, 0.717) is 37.4 Å². The molecule has 3 amide bonds. The molecule has 0 aromatic rings. The van der Waals surface area contributed by atoms with Crippen molar-refractivity contribution in [2.75, 3.05) is 96.9 Å². The molecule has 0 aliphatic heterocycles. The number of hydrogen-bond acceptors (Lipinski definition) is 15. The smallest absolute Gasteiger partial charge is 0.450 e. The highest BCUT2D eigenvalue weighted by atomic mass is 28.4. The molecule has 18 nitrogen and oxygen atoms in total. The highest BCUT2D eigenvalue weighted by molar-refractivity contribution is 6.61. The monoisotopic (exact) mass is 707 g/mol. The van der Waals surface area contributed by atoms with Crippen molar-refractivity contribution in [3.8, 4) is 0 Å². The third-order valence-electron chi connectivity index (χ3n) is 6.69. The van der Waals surface area contributed by atoms with Gasteiger partial charge in [-0.1, -0.05) is 0 Å². The highest BCUT2D eigenvalue weighted by Gasteiger charge is 2.38. The molecule has 45 heavy (non-hydrogen) atoms. The van der Waals surface area contributed by atoms with E-state index in [1.807, 2.05) is 0 Å². The van der Waals surface area contributed by atoms with Gasteiger partial charge in [0.2, 0.25) is 0 Å². The summed E-state index contributed by atoms with van der Waals surface area (Å²) >= 11 is 0. The van der Waals surface area contributed by atoms with Crippen LogP contribution < -0.4 is 16.0 Å². The maximum atomic E-state index is 12.5. The fourth-order valence-electron chi connectivity index (χ4n) is 3.93. The van der Waals surface area contributed by atoms with Crippen LogP contribution >= 0.6 is 0 Å². The summed E-state index contributed by atoms with van der Waals surface area (Å²) in [5, 5.41) is 7.74. The molecule has 0 aliphatic carbocycles. The van der Waals surface area contributed by atoms with Crippen LogP contribution in [0.5, 0.6) is 0 Å². The molecule has 3 N–H and O–H groups in total. The summed E-state index contributed by atoms with van der Waals surface area (Å²) in [6.45, 7) is 0.0420. The molecule has 21 heteroatoms. The van der Waals surface area contributed by atoms with Gasteiger partial charge in [0, 0.05) is 95.2 Å². The maximum absolute atomic E-state index is 12.5. The average Bonchev–Trinajstić information content (AvgIpc) is 3.07. The summed E-state index contributed by atoms with van der Waals surface area (Å²) in [5.74, 6) is 0. The van der Waals surface area contributed by atoms with Gasteiger partial charge in [0.05, 0.1) is 25.9 Å². The van der Waals surface area contributed by atoms with Gasteiger partial charge >= 0.3 is 44.7 Å². The predicted octanol–water partition coefficient (Wildman–Crippen LogP) is 1.34. The van der Waals surface area contributed by atoms with Crippen LogP contribution in [0, 0.1) is 0 Å². The lowest BCUT2D eigenvalue weighted by molar-refractivity contribution is 0.112. The molecule has 0 heterocycles. The van der Waals surface area contributed by atoms with Crippen molar-refractivity contribution in [3.05, 3.63) is 0 Å². The van der Waals surface area contributed by atoms with E-state index in [4.69, 9.17) is 54.0 Å². The minimum Gasteiger partial charge on any atom is -0.450 e. The van der Waals surface area contributed by atoms with Crippen LogP contribution in [0.2, 0.25) is 18.1 Å². The quantitative estimate of drug-likeness (QED) is 0.0661. The van der Waals surface area contributed by atoms with Gasteiger partial charge in [-0.05, 0) is 19.3 Å². The second-order valence-electron chi connectivity index (χ2n) is 9.21. The summed E-state index contributed by atoms with van der Waals surface area (Å²) in [4.78, 5) is 37.1. The van der Waals surface area contributed by atoms with Gasteiger partial charge in [-0.15, -0.1) is 0 Å². The Morgan fingerprint density at radius 1 is 0.467 bits per heavy atom. The average molecular weight is 708 g/mol. The Balaban J connectivity index is 4.92. The molecule has 0 aromatic heterocycles. The van der Waals surface area contributed by atoms with Crippen molar-refractivity contribution < 1.29 is 68.4 Å². The molecule has 0 aliphatic rings. The van der Waals surface area contributed by atoms with Gasteiger partial charge in [-0.3, -0.25) is 0 Å². The molecule has 266 valence electrons. The number of amides is 3. The van der Waals surface area contributed by atoms with Crippen LogP contribution in [-0.2, 0) is 54.0 Å². The first-order valence-corrected chi connectivity index (χ1v) is 20.0. The first kappa shape index (κ1) is 43.1. The van der Waals surface area contributed by atoms with Gasteiger partial charge in [0.1, 0.15) is 0 Å². The van der Waals surface area contributed by atoms with Crippen LogP contribution in [0.4, 0.5) is 14.4 Å². The molecule has 0 saturated heterocycles. The minimum absolute atomic E-state index is 0.0543. The summed E-state index contributed by atoms with van der Waals surface area (Å²) in [5.41, 5.74) is 0. The van der Waals surface area contributed by atoms with Gasteiger partial charge < -0.3 is 70.0 Å². The Kier molecular flexibility index (Phi) is 23.3. The third-order valence-corrected chi connectivity index (χ3v) is 15.2. The van der Waals surface area contributed by atoms with E-state index in [1.165, 1.54) is 64.0 Å². The summed E-state index contributed by atoms with van der Waals surface area (Å²) in [6.07, 6.45) is -0.895. The van der Waals surface area contributed by atoms with Crippen molar-refractivity contribution >= 4 is 44.7 Å². The lowest BCUT2D eigenvalue weighted by atomic mass is 10.3. The van der Waals surface area contributed by atoms with Gasteiger partial charge in [-0.25, -0.2) is 14.4 Å². The first-order chi connectivity index (χ1) is 21.5. The normalized spacial score (nSPS) is 12.1. The summed E-state index contributed by atoms with van der Waals surface area (Å²) < 4.78 is 63.8. The number of ether oxygens (including phenoxy) is 3. The van der Waals surface area contributed by atoms with Gasteiger partial charge in [0.15, 0.2) is 0 Å². The Morgan fingerprint density at radius 2 is 0.733 bits per heavy atom. The first-order valence-electron chi connectivity index (χ1n) is 14.2. The topological polar surface area (TPSA) is 198 Å². The van der Waals surface area contributed by atoms with Crippen molar-refractivity contribution in [1.29, 1.82) is 0 Å². The highest BCUT2D eigenvalue weighted by Crippen LogP contribution is 2.16. The molecule has 0 aromatic carbocycles. The van der Waals surface area contributed by atoms with E-state index in [9.17, 15) is 14.4 Å². The van der Waals surface area contributed by atoms with Crippen molar-refractivity contribution in [2.24, 2.45) is 0 Å². The zero-order valence-electron chi connectivity index (χ0n) is 28.0. The number of carbonyl (C=O) groups excluding carboxylic acids is 3. The lowest BCUT2D eigenvalue weighted by Gasteiger charge is -2.24. The molecule has 0 radical (unpaired) electrons. The number of rotatable bonds is 26. The number of hydrogen-bond donors (Lipinski definition) is 3. The van der Waals surface area contributed by atoms with Crippen molar-refractivity contribution in [2.45, 2.75) is 43.4 Å². The van der Waals surface area contributed by atoms with Crippen molar-refractivity contribution in [3.63, 3.8) is 0 Å². The van der Waals surface area contributed by atoms with Gasteiger partial charge in [0.25, 0.3) is 0 Å². The fraction of sp³-hybridized carbons (Fsp3) is 0.875. The molecular weight excluding hydrogens is 655 g/mol. The molecule has 0 fully saturated rings. The predicted molar refractivity (Wildman–Crippen MR) is 166 cm³/mol. The maximum Gasteiger partial charge on any atom is 0.500 e. The second kappa shape index (κ2) is 24.3. The zero-order chi connectivity index (χ0) is 34.2. The summed E-state index contributed by atoms with van der Waals surface area (Å²) in [7, 11) is 5.10. The Labute approximate surface area is 269 Å². The Bertz CT molecular complexity index is 753. The van der Waals surface area contributed by atoms with E-state index in [2.05, 4.69) is 16.0 Å². The lowest BCUT2D eigenvalue weighted by Crippen LogP contribution is -2.50. The van der Waals surface area contributed by atoms with E-state index in [1.54, 1.807) is 0 Å². The molecule has 0 rings (SSSR count). The largest absolute Gasteiger partial charge is 0.500 e. The minimum atomic E-state index is -2.81. The van der Waals surface area contributed by atoms with Crippen LogP contribution in [0.1, 0.15) is 19.3 Å². The number of nitrogens with one attached hydrogen (secondary N) is 3. The Morgan fingerprint density at radius 3 is 1.00 bits per heavy atom. The van der Waals surface area contributed by atoms with E-state index < -0.39 is 50.7 Å². The molecule has 0 saturated carbocycles. The standard InChI is InChI=1S/C24H53N3O15Si3/c1-31-43(32-2,33-3)16-10-13-40-22(28)25-19-21(27-24(30)42-15-12-18-45(37-7,38-8)39-9)20-26-23(29)41-14-11-17-44(34-4,35-5)36-6/h21H,10-20H2,1-9H3,(H,25,28)(H,26,29)(H,27,30). The Hall–Kier alpha value is -1.90. The van der Waals surface area contributed by atoms with E-state index in [-0.39, 0.29) is 32.9 Å². The molecule has 0 bridgehead atoms. The zero-order valence-corrected chi connectivity index (χ0v) is 31.0.